The van der Waals surface area contributed by atoms with E-state index in [0.717, 1.165) is 23.2 Å². The molecule has 3 heterocycles. The smallest absolute Gasteiger partial charge is 0.386 e. The molecule has 31 heavy (non-hydrogen) atoms. The van der Waals surface area contributed by atoms with E-state index in [9.17, 15) is 13.6 Å². The molecule has 8 nitrogen and oxygen atoms in total. The summed E-state index contributed by atoms with van der Waals surface area (Å²) < 4.78 is 35.5. The van der Waals surface area contributed by atoms with Gasteiger partial charge in [-0.25, -0.2) is 23.2 Å². The number of benzene rings is 1. The van der Waals surface area contributed by atoms with Gasteiger partial charge in [-0.05, 0) is 43.2 Å². The molecule has 0 atom stereocenters. The predicted octanol–water partition coefficient (Wildman–Crippen LogP) is 3.39. The van der Waals surface area contributed by atoms with Gasteiger partial charge in [0.15, 0.2) is 5.82 Å². The zero-order valence-corrected chi connectivity index (χ0v) is 16.5. The van der Waals surface area contributed by atoms with Crippen molar-refractivity contribution in [2.24, 2.45) is 7.05 Å². The van der Waals surface area contributed by atoms with Crippen molar-refractivity contribution >= 4 is 5.69 Å². The lowest BCUT2D eigenvalue weighted by Crippen LogP contribution is -2.09. The van der Waals surface area contributed by atoms with Crippen molar-refractivity contribution in [2.45, 2.75) is 25.3 Å². The van der Waals surface area contributed by atoms with E-state index in [-0.39, 0.29) is 18.0 Å². The number of halogens is 2. The number of nitrogens with one attached hydrogen (secondary N) is 1. The maximum Gasteiger partial charge on any atom is 0.437 e. The minimum atomic E-state index is -0.609. The van der Waals surface area contributed by atoms with Gasteiger partial charge in [0.2, 0.25) is 0 Å². The molecule has 0 saturated heterocycles. The second kappa shape index (κ2) is 7.46. The van der Waals surface area contributed by atoms with Crippen LogP contribution in [0.4, 0.5) is 14.5 Å². The third-order valence-electron chi connectivity index (χ3n) is 5.13. The van der Waals surface area contributed by atoms with Gasteiger partial charge in [0.05, 0.1) is 17.6 Å². The van der Waals surface area contributed by atoms with Crippen molar-refractivity contribution in [1.29, 1.82) is 0 Å². The number of aryl methyl sites for hydroxylation is 1. The van der Waals surface area contributed by atoms with Crippen LogP contribution in [-0.2, 0) is 13.6 Å². The summed E-state index contributed by atoms with van der Waals surface area (Å²) in [5.74, 6) is -0.746. The Bertz CT molecular complexity index is 1280. The van der Waals surface area contributed by atoms with Crippen LogP contribution in [0.2, 0.25) is 0 Å². The third-order valence-corrected chi connectivity index (χ3v) is 5.13. The Balaban J connectivity index is 1.42. The fourth-order valence-electron chi connectivity index (χ4n) is 3.26. The molecule has 1 aliphatic carbocycles. The number of hydrogen-bond donors (Lipinski definition) is 1. The zero-order valence-electron chi connectivity index (χ0n) is 16.5. The Hall–Kier alpha value is -3.82. The molecule has 4 aromatic rings. The normalized spacial score (nSPS) is 13.5. The molecule has 5 rings (SSSR count). The van der Waals surface area contributed by atoms with Crippen LogP contribution in [0, 0.1) is 11.6 Å². The number of rotatable bonds is 6. The van der Waals surface area contributed by atoms with Crippen molar-refractivity contribution in [1.82, 2.24) is 24.5 Å². The van der Waals surface area contributed by atoms with Gasteiger partial charge in [-0.1, -0.05) is 6.07 Å². The van der Waals surface area contributed by atoms with Gasteiger partial charge in [0.1, 0.15) is 17.3 Å². The van der Waals surface area contributed by atoms with Gasteiger partial charge in [-0.15, -0.1) is 5.10 Å². The summed E-state index contributed by atoms with van der Waals surface area (Å²) in [5, 5.41) is 11.7. The van der Waals surface area contributed by atoms with Gasteiger partial charge in [0, 0.05) is 25.1 Å². The average molecular weight is 424 g/mol. The Morgan fingerprint density at radius 1 is 1.16 bits per heavy atom. The van der Waals surface area contributed by atoms with E-state index < -0.39 is 17.4 Å². The Morgan fingerprint density at radius 2 is 1.94 bits per heavy atom. The monoisotopic (exact) mass is 424 g/mol. The maximum absolute atomic E-state index is 13.8. The van der Waals surface area contributed by atoms with E-state index in [2.05, 4.69) is 20.5 Å². The van der Waals surface area contributed by atoms with E-state index >= 15 is 0 Å². The second-order valence-electron chi connectivity index (χ2n) is 7.40. The summed E-state index contributed by atoms with van der Waals surface area (Å²) in [6.45, 7) is -0.0164. The van der Waals surface area contributed by atoms with Gasteiger partial charge in [0.25, 0.3) is 5.89 Å². The van der Waals surface area contributed by atoms with Gasteiger partial charge >= 0.3 is 5.76 Å². The number of nitrogens with zero attached hydrogens (tertiary/aromatic N) is 5. The molecular formula is C21H18F2N6O2. The molecule has 1 aromatic carbocycles. The number of pyridine rings is 1. The highest BCUT2D eigenvalue weighted by Crippen LogP contribution is 2.40. The van der Waals surface area contributed by atoms with Crippen LogP contribution in [0.5, 0.6) is 0 Å². The van der Waals surface area contributed by atoms with E-state index in [1.54, 1.807) is 23.0 Å². The molecular weight excluding hydrogens is 406 g/mol. The van der Waals surface area contributed by atoms with Crippen molar-refractivity contribution in [3.05, 3.63) is 76.0 Å². The van der Waals surface area contributed by atoms with Gasteiger partial charge in [-0.3, -0.25) is 0 Å². The van der Waals surface area contributed by atoms with Crippen molar-refractivity contribution in [2.75, 3.05) is 5.32 Å². The van der Waals surface area contributed by atoms with Crippen LogP contribution in [0.3, 0.4) is 0 Å². The van der Waals surface area contributed by atoms with Gasteiger partial charge < -0.3 is 9.73 Å². The first kappa shape index (κ1) is 19.2. The lowest BCUT2D eigenvalue weighted by molar-refractivity contribution is 0.502. The fourth-order valence-corrected chi connectivity index (χ4v) is 3.26. The van der Waals surface area contributed by atoms with Crippen LogP contribution in [0.25, 0.3) is 17.4 Å². The minimum Gasteiger partial charge on any atom is -0.386 e. The first-order valence-corrected chi connectivity index (χ1v) is 9.77. The predicted molar refractivity (Wildman–Crippen MR) is 108 cm³/mol. The third kappa shape index (κ3) is 3.72. The standard InChI is InChI=1S/C21H18F2N6O2/c1-28-21(30)31-20(27-28)18-9-17(12-5-6-12)26-29(18)19-8-7-13(10-25-19)24-11-14-15(22)3-2-4-16(14)23/h2-4,7-10,12,24H,5-6,11H2,1H3. The molecule has 3 aromatic heterocycles. The highest BCUT2D eigenvalue weighted by Gasteiger charge is 2.29. The summed E-state index contributed by atoms with van der Waals surface area (Å²) in [7, 11) is 1.51. The summed E-state index contributed by atoms with van der Waals surface area (Å²) >= 11 is 0. The minimum absolute atomic E-state index is 0.0164. The molecule has 158 valence electrons. The topological polar surface area (TPSA) is 90.8 Å². The van der Waals surface area contributed by atoms with Crippen LogP contribution >= 0.6 is 0 Å². The summed E-state index contributed by atoms with van der Waals surface area (Å²) in [4.78, 5) is 16.1. The van der Waals surface area contributed by atoms with Crippen LogP contribution in [0.15, 0.2) is 51.8 Å². The molecule has 0 bridgehead atoms. The van der Waals surface area contributed by atoms with Crippen LogP contribution in [0.1, 0.15) is 30.0 Å². The highest BCUT2D eigenvalue weighted by molar-refractivity contribution is 5.53. The summed E-state index contributed by atoms with van der Waals surface area (Å²) in [6.07, 6.45) is 3.67. The quantitative estimate of drug-likeness (QED) is 0.510. The van der Waals surface area contributed by atoms with Crippen molar-refractivity contribution in [3.63, 3.8) is 0 Å². The highest BCUT2D eigenvalue weighted by atomic mass is 19.1. The van der Waals surface area contributed by atoms with E-state index in [1.807, 2.05) is 6.07 Å². The molecule has 0 radical (unpaired) electrons. The largest absolute Gasteiger partial charge is 0.437 e. The maximum atomic E-state index is 13.8. The van der Waals surface area contributed by atoms with E-state index in [4.69, 9.17) is 4.42 Å². The fraction of sp³-hybridized carbons (Fsp3) is 0.238. The van der Waals surface area contributed by atoms with E-state index in [1.165, 1.54) is 25.2 Å². The first-order chi connectivity index (χ1) is 15.0. The first-order valence-electron chi connectivity index (χ1n) is 9.77. The Labute approximate surface area is 175 Å². The molecule has 1 saturated carbocycles. The summed E-state index contributed by atoms with van der Waals surface area (Å²) in [6, 6.07) is 9.07. The molecule has 0 aliphatic heterocycles. The van der Waals surface area contributed by atoms with Crippen molar-refractivity contribution in [3.8, 4) is 17.4 Å². The summed E-state index contributed by atoms with van der Waals surface area (Å²) in [5.41, 5.74) is 1.97. The van der Waals surface area contributed by atoms with Crippen LogP contribution in [-0.4, -0.2) is 24.5 Å². The van der Waals surface area contributed by atoms with Crippen molar-refractivity contribution < 1.29 is 13.2 Å². The van der Waals surface area contributed by atoms with Crippen LogP contribution < -0.4 is 11.1 Å². The van der Waals surface area contributed by atoms with Gasteiger partial charge in [-0.2, -0.15) is 9.78 Å². The number of anilines is 1. The number of hydrogen-bond acceptors (Lipinski definition) is 6. The second-order valence-corrected chi connectivity index (χ2v) is 7.40. The molecule has 1 aliphatic rings. The zero-order chi connectivity index (χ0) is 21.5. The molecule has 0 amide bonds. The molecule has 1 fully saturated rings. The van der Waals surface area contributed by atoms with E-state index in [0.29, 0.717) is 23.1 Å². The number of aromatic nitrogens is 5. The Kier molecular flexibility index (Phi) is 4.61. The molecule has 1 N–H and O–H groups in total. The lowest BCUT2D eigenvalue weighted by Gasteiger charge is -2.09. The molecule has 10 heteroatoms. The molecule has 0 spiro atoms. The Morgan fingerprint density at radius 3 is 2.55 bits per heavy atom. The average Bonchev–Trinajstić information content (AvgIpc) is 3.42. The lowest BCUT2D eigenvalue weighted by atomic mass is 10.2. The molecule has 0 unspecified atom stereocenters. The SMILES string of the molecule is Cn1nc(-c2cc(C3CC3)nn2-c2ccc(NCc3c(F)cccc3F)cn2)oc1=O.